The summed E-state index contributed by atoms with van der Waals surface area (Å²) in [6.45, 7) is 1.82. The van der Waals surface area contributed by atoms with E-state index >= 15 is 0 Å². The Labute approximate surface area is 125 Å². The number of likely N-dealkylation sites (tertiary alicyclic amines) is 1. The van der Waals surface area contributed by atoms with Gasteiger partial charge in [0.05, 0.1) is 17.3 Å². The van der Waals surface area contributed by atoms with Crippen LogP contribution in [-0.2, 0) is 0 Å². The van der Waals surface area contributed by atoms with Crippen LogP contribution in [0.25, 0.3) is 10.4 Å². The Balaban J connectivity index is 1.99. The van der Waals surface area contributed by atoms with E-state index in [0.717, 1.165) is 13.0 Å². The lowest BCUT2D eigenvalue weighted by atomic mass is 10.3. The maximum absolute atomic E-state index is 9.32. The van der Waals surface area contributed by atoms with Gasteiger partial charge in [-0.3, -0.25) is 10.3 Å². The second kappa shape index (κ2) is 7.70. The molecule has 0 bridgehead atoms. The zero-order chi connectivity index (χ0) is 15.1. The van der Waals surface area contributed by atoms with Crippen LogP contribution in [-0.4, -0.2) is 35.3 Å². The van der Waals surface area contributed by atoms with E-state index in [1.54, 1.807) is 18.2 Å². The van der Waals surface area contributed by atoms with Gasteiger partial charge in [0.2, 0.25) is 0 Å². The third kappa shape index (κ3) is 4.23. The maximum Gasteiger partial charge on any atom is 0.135 e. The number of ether oxygens (including phenoxy) is 1. The van der Waals surface area contributed by atoms with Crippen molar-refractivity contribution in [1.82, 2.24) is 4.90 Å². The van der Waals surface area contributed by atoms with E-state index in [9.17, 15) is 4.55 Å². The van der Waals surface area contributed by atoms with E-state index in [-0.39, 0.29) is 6.10 Å². The van der Waals surface area contributed by atoms with Crippen molar-refractivity contribution in [2.75, 3.05) is 25.2 Å². The summed E-state index contributed by atoms with van der Waals surface area (Å²) in [5.41, 5.74) is 18.2. The van der Waals surface area contributed by atoms with E-state index in [0.29, 0.717) is 41.6 Å². The normalized spacial score (nSPS) is 18.0. The molecule has 1 heterocycles. The monoisotopic (exact) mass is 309 g/mol. The Bertz CT molecular complexity index is 549. The summed E-state index contributed by atoms with van der Waals surface area (Å²) >= 11 is 0.585. The molecule has 1 fully saturated rings. The zero-order valence-electron chi connectivity index (χ0n) is 11.1. The first-order valence-electron chi connectivity index (χ1n) is 6.24. The molecule has 0 amide bonds. The number of anilines is 1. The van der Waals surface area contributed by atoms with Gasteiger partial charge in [-0.15, -0.1) is 0 Å². The predicted octanol–water partition coefficient (Wildman–Crippen LogP) is 3.33. The molecule has 1 aliphatic heterocycles. The van der Waals surface area contributed by atoms with Crippen molar-refractivity contribution >= 4 is 17.7 Å². The smallest absolute Gasteiger partial charge is 0.135 e. The molecule has 1 saturated heterocycles. The number of hydrogen-bond donors (Lipinski definition) is 3. The van der Waals surface area contributed by atoms with Gasteiger partial charge in [0.1, 0.15) is 11.9 Å². The lowest BCUT2D eigenvalue weighted by molar-refractivity contribution is 0.197. The van der Waals surface area contributed by atoms with E-state index in [1.807, 2.05) is 4.90 Å². The van der Waals surface area contributed by atoms with Crippen LogP contribution in [0.4, 0.5) is 5.69 Å². The first kappa shape index (κ1) is 15.4. The van der Waals surface area contributed by atoms with E-state index < -0.39 is 0 Å². The predicted molar refractivity (Wildman–Crippen MR) is 78.3 cm³/mol. The summed E-state index contributed by atoms with van der Waals surface area (Å²) < 4.78 is 15.2. The van der Waals surface area contributed by atoms with Crippen LogP contribution in [0.15, 0.2) is 33.4 Å². The minimum absolute atomic E-state index is 0.00975. The minimum Gasteiger partial charge on any atom is -0.488 e. The summed E-state index contributed by atoms with van der Waals surface area (Å²) in [4.78, 5) is 5.30. The lowest BCUT2D eigenvalue weighted by Gasteiger charge is -2.17. The van der Waals surface area contributed by atoms with Gasteiger partial charge in [-0.2, -0.15) is 5.53 Å². The second-order valence-corrected chi connectivity index (χ2v) is 5.08. The molecule has 10 heteroatoms. The molecular weight excluding hydrogens is 294 g/mol. The van der Waals surface area contributed by atoms with E-state index in [1.165, 1.54) is 0 Å². The molecule has 1 aliphatic rings. The van der Waals surface area contributed by atoms with Crippen molar-refractivity contribution in [1.29, 1.82) is 5.53 Å². The topological polar surface area (TPSA) is 130 Å². The number of hydrogen-bond acceptors (Lipinski definition) is 7. The van der Waals surface area contributed by atoms with Crippen molar-refractivity contribution in [2.24, 2.45) is 10.3 Å². The van der Waals surface area contributed by atoms with Crippen LogP contribution in [0.5, 0.6) is 5.75 Å². The van der Waals surface area contributed by atoms with Gasteiger partial charge in [-0.05, 0) is 30.2 Å². The molecule has 1 atom stereocenters. The Hall–Kier alpha value is -2.00. The number of benzene rings is 1. The van der Waals surface area contributed by atoms with Gasteiger partial charge < -0.3 is 9.29 Å². The van der Waals surface area contributed by atoms with Gasteiger partial charge in [0, 0.05) is 30.0 Å². The molecule has 1 aromatic rings. The van der Waals surface area contributed by atoms with Gasteiger partial charge in [0.15, 0.2) is 0 Å². The fraction of sp³-hybridized carbons (Fsp3) is 0.455. The first-order chi connectivity index (χ1) is 10.3. The molecule has 0 radical (unpaired) electrons. The number of rotatable bonds is 7. The fourth-order valence-corrected chi connectivity index (χ4v) is 2.52. The number of nitrogens with one attached hydrogen (secondary N) is 2. The number of azide groups is 1. The average Bonchev–Trinajstić information content (AvgIpc) is 2.94. The van der Waals surface area contributed by atoms with E-state index in [4.69, 9.17) is 15.8 Å². The third-order valence-corrected chi connectivity index (χ3v) is 3.59. The number of nitrogens with zero attached hydrogens (tertiary/aromatic N) is 5. The zero-order valence-corrected chi connectivity index (χ0v) is 12.0. The first-order valence-corrected chi connectivity index (χ1v) is 7.02. The molecule has 21 heavy (non-hydrogen) atoms. The molecule has 1 unspecified atom stereocenters. The van der Waals surface area contributed by atoms with Crippen LogP contribution < -0.4 is 10.2 Å². The molecule has 0 aliphatic carbocycles. The Morgan fingerprint density at radius 2 is 2.48 bits per heavy atom. The highest BCUT2D eigenvalue weighted by Gasteiger charge is 2.24. The molecule has 1 aromatic carbocycles. The molecular formula is C11H15N7O2S. The van der Waals surface area contributed by atoms with Crippen molar-refractivity contribution < 1.29 is 9.29 Å². The van der Waals surface area contributed by atoms with Crippen LogP contribution in [0, 0.1) is 5.53 Å². The van der Waals surface area contributed by atoms with Gasteiger partial charge in [-0.25, -0.2) is 0 Å². The van der Waals surface area contributed by atoms with Crippen molar-refractivity contribution in [3.05, 3.63) is 28.6 Å². The van der Waals surface area contributed by atoms with E-state index in [2.05, 4.69) is 20.7 Å². The average molecular weight is 309 g/mol. The molecule has 9 nitrogen and oxygen atoms in total. The van der Waals surface area contributed by atoms with Gasteiger partial charge in [0.25, 0.3) is 0 Å². The SMILES string of the molecule is [N-]=[N+]=NCN1CCC(Oc2ccc(NN=N)cc2SO)C1. The highest BCUT2D eigenvalue weighted by atomic mass is 32.2. The summed E-state index contributed by atoms with van der Waals surface area (Å²) in [6.07, 6.45) is 0.822. The molecule has 3 N–H and O–H groups in total. The minimum atomic E-state index is -0.00975. The standard InChI is InChI=1S/C11H15N7O2S/c12-16-14-7-18-4-3-9(6-18)20-10-2-1-8(15-17-13)5-11(10)21-19/h1-2,5,9,19H,3-4,6-7H2,(H2,13,15). The van der Waals surface area contributed by atoms with Crippen LogP contribution in [0.2, 0.25) is 0 Å². The van der Waals surface area contributed by atoms with Crippen molar-refractivity contribution in [2.45, 2.75) is 17.4 Å². The largest absolute Gasteiger partial charge is 0.488 e. The van der Waals surface area contributed by atoms with Gasteiger partial charge in [-0.1, -0.05) is 10.3 Å². The van der Waals surface area contributed by atoms with Crippen molar-refractivity contribution in [3.63, 3.8) is 0 Å². The lowest BCUT2D eigenvalue weighted by Crippen LogP contribution is -2.24. The van der Waals surface area contributed by atoms with Crippen molar-refractivity contribution in [3.8, 4) is 5.75 Å². The maximum atomic E-state index is 9.32. The van der Waals surface area contributed by atoms with Crippen LogP contribution in [0.3, 0.4) is 0 Å². The van der Waals surface area contributed by atoms with Crippen LogP contribution >= 0.6 is 12.0 Å². The summed E-state index contributed by atoms with van der Waals surface area (Å²) in [6, 6.07) is 5.10. The third-order valence-electron chi connectivity index (χ3n) is 3.08. The summed E-state index contributed by atoms with van der Waals surface area (Å²) in [7, 11) is 0. The highest BCUT2D eigenvalue weighted by molar-refractivity contribution is 7.93. The summed E-state index contributed by atoms with van der Waals surface area (Å²) in [5, 5.41) is 6.61. The Morgan fingerprint density at radius 3 is 3.19 bits per heavy atom. The highest BCUT2D eigenvalue weighted by Crippen LogP contribution is 2.32. The Morgan fingerprint density at radius 1 is 1.62 bits per heavy atom. The molecule has 0 spiro atoms. The fourth-order valence-electron chi connectivity index (χ4n) is 2.13. The molecule has 2 rings (SSSR count). The summed E-state index contributed by atoms with van der Waals surface area (Å²) in [5.74, 6) is 0.577. The molecule has 112 valence electrons. The Kier molecular flexibility index (Phi) is 5.64. The second-order valence-electron chi connectivity index (χ2n) is 4.45. The van der Waals surface area contributed by atoms with Gasteiger partial charge >= 0.3 is 0 Å². The molecule has 0 aromatic heterocycles. The van der Waals surface area contributed by atoms with Crippen LogP contribution in [0.1, 0.15) is 6.42 Å². The quantitative estimate of drug-likeness (QED) is 0.234. The molecule has 0 saturated carbocycles.